The molecule has 3 nitrogen and oxygen atoms in total. The third kappa shape index (κ3) is 3.74. The van der Waals surface area contributed by atoms with Crippen molar-refractivity contribution in [2.24, 2.45) is 0 Å². The number of aromatic nitrogens is 1. The topological polar surface area (TPSA) is 33.2 Å². The van der Waals surface area contributed by atoms with Crippen LogP contribution in [0.1, 0.15) is 47.9 Å². The predicted octanol–water partition coefficient (Wildman–Crippen LogP) is 4.77. The van der Waals surface area contributed by atoms with E-state index in [1.165, 1.54) is 0 Å². The second-order valence-electron chi connectivity index (χ2n) is 5.38. The molecule has 1 atom stereocenters. The zero-order valence-corrected chi connectivity index (χ0v) is 14.8. The van der Waals surface area contributed by atoms with Crippen LogP contribution in [0.2, 0.25) is 0 Å². The molecule has 0 aliphatic rings. The van der Waals surface area contributed by atoms with Crippen LogP contribution in [0.4, 0.5) is 0 Å². The molecule has 1 aromatic heterocycles. The van der Waals surface area contributed by atoms with Gasteiger partial charge in [0.15, 0.2) is 0 Å². The van der Waals surface area contributed by atoms with Crippen LogP contribution >= 0.6 is 15.9 Å². The van der Waals surface area contributed by atoms with Crippen LogP contribution in [0.3, 0.4) is 0 Å². The number of hydrogen-bond donors (Lipinski definition) is 0. The minimum Gasteiger partial charge on any atom is -0.332 e. The quantitative estimate of drug-likeness (QED) is 0.769. The Morgan fingerprint density at radius 1 is 1.27 bits per heavy atom. The summed E-state index contributed by atoms with van der Waals surface area (Å²) >= 11 is 3.58. The van der Waals surface area contributed by atoms with Gasteiger partial charge in [0, 0.05) is 22.9 Å². The van der Waals surface area contributed by atoms with Gasteiger partial charge in [0.05, 0.1) is 11.6 Å². The maximum Gasteiger partial charge on any atom is 0.255 e. The van der Waals surface area contributed by atoms with Gasteiger partial charge in [0.25, 0.3) is 5.91 Å². The Hall–Kier alpha value is -1.68. The smallest absolute Gasteiger partial charge is 0.255 e. The number of amides is 1. The maximum absolute atomic E-state index is 12.8. The molecule has 0 N–H and O–H groups in total. The van der Waals surface area contributed by atoms with Crippen molar-refractivity contribution in [3.05, 3.63) is 63.9 Å². The van der Waals surface area contributed by atoms with Gasteiger partial charge < -0.3 is 4.90 Å². The van der Waals surface area contributed by atoms with Crippen molar-refractivity contribution < 1.29 is 4.79 Å². The first-order valence-electron chi connectivity index (χ1n) is 7.52. The Morgan fingerprint density at radius 3 is 2.59 bits per heavy atom. The molecule has 116 valence electrons. The molecule has 1 unspecified atom stereocenters. The highest BCUT2D eigenvalue weighted by atomic mass is 79.9. The van der Waals surface area contributed by atoms with Crippen LogP contribution in [0, 0.1) is 6.92 Å². The zero-order valence-electron chi connectivity index (χ0n) is 13.2. The number of benzene rings is 1. The Balaban J connectivity index is 2.31. The molecule has 1 aromatic carbocycles. The summed E-state index contributed by atoms with van der Waals surface area (Å²) in [5, 5.41) is 0. The second kappa shape index (κ2) is 7.54. The molecular formula is C18H21BrN2O. The molecule has 1 amide bonds. The Morgan fingerprint density at radius 2 is 2.00 bits per heavy atom. The van der Waals surface area contributed by atoms with E-state index in [9.17, 15) is 4.79 Å². The summed E-state index contributed by atoms with van der Waals surface area (Å²) in [6.07, 6.45) is 2.58. The lowest BCUT2D eigenvalue weighted by Gasteiger charge is -2.30. The van der Waals surface area contributed by atoms with E-state index in [2.05, 4.69) is 40.8 Å². The first-order valence-corrected chi connectivity index (χ1v) is 8.32. The zero-order chi connectivity index (χ0) is 16.1. The molecule has 22 heavy (non-hydrogen) atoms. The number of nitrogens with zero attached hydrogens (tertiary/aromatic N) is 2. The summed E-state index contributed by atoms with van der Waals surface area (Å²) in [6, 6.07) is 11.8. The molecule has 0 fully saturated rings. The van der Waals surface area contributed by atoms with Crippen molar-refractivity contribution in [1.82, 2.24) is 9.88 Å². The Bertz CT molecular complexity index is 640. The largest absolute Gasteiger partial charge is 0.332 e. The van der Waals surface area contributed by atoms with Crippen molar-refractivity contribution in [3.63, 3.8) is 0 Å². The lowest BCUT2D eigenvalue weighted by Crippen LogP contribution is -2.34. The van der Waals surface area contributed by atoms with Crippen LogP contribution in [0.15, 0.2) is 47.1 Å². The van der Waals surface area contributed by atoms with Crippen molar-refractivity contribution in [1.29, 1.82) is 0 Å². The number of rotatable bonds is 5. The molecule has 0 aliphatic heterocycles. The maximum atomic E-state index is 12.8. The van der Waals surface area contributed by atoms with Crippen LogP contribution in [-0.4, -0.2) is 22.3 Å². The van der Waals surface area contributed by atoms with Gasteiger partial charge in [-0.25, -0.2) is 0 Å². The van der Waals surface area contributed by atoms with Crippen LogP contribution < -0.4 is 0 Å². The molecule has 1 heterocycles. The molecule has 0 aliphatic carbocycles. The molecule has 0 bridgehead atoms. The number of hydrogen-bond acceptors (Lipinski definition) is 2. The van der Waals surface area contributed by atoms with Gasteiger partial charge in [-0.3, -0.25) is 9.78 Å². The van der Waals surface area contributed by atoms with Crippen LogP contribution in [0.5, 0.6) is 0 Å². The molecule has 2 aromatic rings. The average molecular weight is 361 g/mol. The molecule has 0 saturated heterocycles. The van der Waals surface area contributed by atoms with Crippen molar-refractivity contribution in [2.75, 3.05) is 6.54 Å². The van der Waals surface area contributed by atoms with Gasteiger partial charge in [-0.1, -0.05) is 41.1 Å². The van der Waals surface area contributed by atoms with Gasteiger partial charge in [-0.15, -0.1) is 0 Å². The number of carbonyl (C=O) groups excluding carboxylic acids is 1. The van der Waals surface area contributed by atoms with Crippen LogP contribution in [-0.2, 0) is 0 Å². The highest BCUT2D eigenvalue weighted by Gasteiger charge is 2.23. The lowest BCUT2D eigenvalue weighted by atomic mass is 10.1. The molecule has 4 heteroatoms. The van der Waals surface area contributed by atoms with E-state index in [4.69, 9.17) is 0 Å². The number of aryl methyl sites for hydroxylation is 1. The summed E-state index contributed by atoms with van der Waals surface area (Å²) in [5.74, 6) is 0.0256. The number of carbonyl (C=O) groups is 1. The fourth-order valence-corrected chi connectivity index (χ4v) is 3.07. The summed E-state index contributed by atoms with van der Waals surface area (Å²) in [4.78, 5) is 19.0. The normalized spacial score (nSPS) is 12.0. The SMILES string of the molecule is CCCN(C(=O)c1ccc(C)nc1)C(C)c1ccccc1Br. The van der Waals surface area contributed by atoms with E-state index in [1.807, 2.05) is 42.2 Å². The van der Waals surface area contributed by atoms with Crippen molar-refractivity contribution in [3.8, 4) is 0 Å². The third-order valence-electron chi connectivity index (χ3n) is 3.71. The third-order valence-corrected chi connectivity index (χ3v) is 4.43. The first kappa shape index (κ1) is 16.7. The van der Waals surface area contributed by atoms with Gasteiger partial charge in [0.2, 0.25) is 0 Å². The molecule has 0 spiro atoms. The second-order valence-corrected chi connectivity index (χ2v) is 6.24. The average Bonchev–Trinajstić information content (AvgIpc) is 2.52. The highest BCUT2D eigenvalue weighted by molar-refractivity contribution is 9.10. The van der Waals surface area contributed by atoms with Crippen LogP contribution in [0.25, 0.3) is 0 Å². The Kier molecular flexibility index (Phi) is 5.72. The molecular weight excluding hydrogens is 340 g/mol. The predicted molar refractivity (Wildman–Crippen MR) is 92.9 cm³/mol. The van der Waals surface area contributed by atoms with Gasteiger partial charge >= 0.3 is 0 Å². The van der Waals surface area contributed by atoms with E-state index < -0.39 is 0 Å². The van der Waals surface area contributed by atoms with Gasteiger partial charge in [-0.05, 0) is 44.0 Å². The first-order chi connectivity index (χ1) is 10.5. The monoisotopic (exact) mass is 360 g/mol. The van der Waals surface area contributed by atoms with E-state index in [1.54, 1.807) is 6.20 Å². The standard InChI is InChI=1S/C18H21BrN2O/c1-4-11-21(14(3)16-7-5-6-8-17(16)19)18(22)15-10-9-13(2)20-12-15/h5-10,12,14H,4,11H2,1-3H3. The summed E-state index contributed by atoms with van der Waals surface area (Å²) in [6.45, 7) is 6.78. The van der Waals surface area contributed by atoms with Crippen molar-refractivity contribution >= 4 is 21.8 Å². The van der Waals surface area contributed by atoms with Crippen molar-refractivity contribution in [2.45, 2.75) is 33.2 Å². The number of halogens is 1. The molecule has 0 saturated carbocycles. The summed E-state index contributed by atoms with van der Waals surface area (Å²) < 4.78 is 1.03. The van der Waals surface area contributed by atoms with E-state index in [0.29, 0.717) is 5.56 Å². The minimum atomic E-state index is 0.00401. The fourth-order valence-electron chi connectivity index (χ4n) is 2.45. The van der Waals surface area contributed by atoms with E-state index in [0.717, 1.165) is 28.7 Å². The highest BCUT2D eigenvalue weighted by Crippen LogP contribution is 2.28. The van der Waals surface area contributed by atoms with Gasteiger partial charge in [-0.2, -0.15) is 0 Å². The summed E-state index contributed by atoms with van der Waals surface area (Å²) in [7, 11) is 0. The fraction of sp³-hybridized carbons (Fsp3) is 0.333. The lowest BCUT2D eigenvalue weighted by molar-refractivity contribution is 0.0689. The molecule has 0 radical (unpaired) electrons. The summed E-state index contributed by atoms with van der Waals surface area (Å²) in [5.41, 5.74) is 2.67. The minimum absolute atomic E-state index is 0.00401. The van der Waals surface area contributed by atoms with E-state index in [-0.39, 0.29) is 11.9 Å². The van der Waals surface area contributed by atoms with Gasteiger partial charge in [0.1, 0.15) is 0 Å². The molecule has 2 rings (SSSR count). The van der Waals surface area contributed by atoms with E-state index >= 15 is 0 Å². The Labute approximate surface area is 140 Å². The number of pyridine rings is 1.